The Hall–Kier alpha value is -1.18. The van der Waals surface area contributed by atoms with Crippen molar-refractivity contribution in [3.63, 3.8) is 0 Å². The predicted molar refractivity (Wildman–Crippen MR) is 53.2 cm³/mol. The Kier molecular flexibility index (Phi) is 2.36. The summed E-state index contributed by atoms with van der Waals surface area (Å²) in [6.45, 7) is 1.72. The summed E-state index contributed by atoms with van der Waals surface area (Å²) in [6.07, 6.45) is 4.71. The van der Waals surface area contributed by atoms with Gasteiger partial charge in [0.05, 0.1) is 5.56 Å². The van der Waals surface area contributed by atoms with Gasteiger partial charge in [0, 0.05) is 0 Å². The minimum Gasteiger partial charge on any atom is -0.298 e. The molecule has 0 heterocycles. The number of carbonyl (C=O) groups excluding carboxylic acids is 1. The van der Waals surface area contributed by atoms with Crippen molar-refractivity contribution in [1.82, 2.24) is 0 Å². The normalized spacial score (nSPS) is 15.0. The van der Waals surface area contributed by atoms with E-state index in [4.69, 9.17) is 0 Å². The average Bonchev–Trinajstić information content (AvgIpc) is 2.20. The van der Waals surface area contributed by atoms with Gasteiger partial charge < -0.3 is 0 Å². The fourth-order valence-corrected chi connectivity index (χ4v) is 2.19. The van der Waals surface area contributed by atoms with E-state index in [2.05, 4.69) is 0 Å². The number of carbonyl (C=O) groups is 1. The first kappa shape index (κ1) is 9.38. The van der Waals surface area contributed by atoms with Crippen LogP contribution in [0.15, 0.2) is 6.07 Å². The van der Waals surface area contributed by atoms with Crippen molar-refractivity contribution in [1.29, 1.82) is 0 Å². The number of rotatable bonds is 1. The summed E-state index contributed by atoms with van der Waals surface area (Å²) < 4.78 is 13.6. The van der Waals surface area contributed by atoms with Crippen molar-refractivity contribution in [3.8, 4) is 0 Å². The molecule has 0 bridgehead atoms. The maximum Gasteiger partial charge on any atom is 0.153 e. The molecule has 1 aliphatic carbocycles. The van der Waals surface area contributed by atoms with Crippen LogP contribution in [-0.2, 0) is 12.8 Å². The fourth-order valence-electron chi connectivity index (χ4n) is 2.19. The first-order valence-corrected chi connectivity index (χ1v) is 5.00. The van der Waals surface area contributed by atoms with Gasteiger partial charge >= 0.3 is 0 Å². The zero-order valence-electron chi connectivity index (χ0n) is 8.27. The minimum atomic E-state index is -0.333. The molecule has 0 aromatic heterocycles. The van der Waals surface area contributed by atoms with Gasteiger partial charge in [-0.15, -0.1) is 0 Å². The van der Waals surface area contributed by atoms with Crippen molar-refractivity contribution >= 4 is 6.29 Å². The molecule has 0 N–H and O–H groups in total. The molecule has 0 unspecified atom stereocenters. The van der Waals surface area contributed by atoms with Gasteiger partial charge in [0.1, 0.15) is 5.82 Å². The van der Waals surface area contributed by atoms with E-state index in [1.807, 2.05) is 6.07 Å². The third kappa shape index (κ3) is 1.35. The topological polar surface area (TPSA) is 17.1 Å². The highest BCUT2D eigenvalue weighted by molar-refractivity contribution is 5.79. The average molecular weight is 192 g/mol. The van der Waals surface area contributed by atoms with Crippen LogP contribution >= 0.6 is 0 Å². The largest absolute Gasteiger partial charge is 0.298 e. The van der Waals surface area contributed by atoms with Gasteiger partial charge in [-0.3, -0.25) is 4.79 Å². The van der Waals surface area contributed by atoms with Crippen LogP contribution in [0.25, 0.3) is 0 Å². The zero-order valence-corrected chi connectivity index (χ0v) is 8.27. The highest BCUT2D eigenvalue weighted by atomic mass is 19.1. The summed E-state index contributed by atoms with van der Waals surface area (Å²) in [5, 5.41) is 0. The van der Waals surface area contributed by atoms with Crippen molar-refractivity contribution in [2.24, 2.45) is 0 Å². The summed E-state index contributed by atoms with van der Waals surface area (Å²) in [6, 6.07) is 1.89. The molecule has 0 fully saturated rings. The molecule has 0 spiro atoms. The number of benzene rings is 1. The molecule has 14 heavy (non-hydrogen) atoms. The molecular weight excluding hydrogens is 179 g/mol. The van der Waals surface area contributed by atoms with Gasteiger partial charge in [-0.05, 0) is 49.3 Å². The number of hydrogen-bond acceptors (Lipinski definition) is 1. The maximum absolute atomic E-state index is 13.6. The minimum absolute atomic E-state index is 0.291. The van der Waals surface area contributed by atoms with Crippen LogP contribution in [0, 0.1) is 12.7 Å². The Bertz CT molecular complexity index is 382. The van der Waals surface area contributed by atoms with E-state index in [0.717, 1.165) is 36.8 Å². The van der Waals surface area contributed by atoms with Gasteiger partial charge in [0.2, 0.25) is 0 Å². The first-order chi connectivity index (χ1) is 6.74. The third-order valence-electron chi connectivity index (χ3n) is 2.93. The van der Waals surface area contributed by atoms with Crippen LogP contribution in [0.5, 0.6) is 0 Å². The van der Waals surface area contributed by atoms with E-state index in [-0.39, 0.29) is 5.82 Å². The van der Waals surface area contributed by atoms with E-state index in [9.17, 15) is 9.18 Å². The number of fused-ring (bicyclic) bond motifs is 1. The molecule has 0 amide bonds. The van der Waals surface area contributed by atoms with E-state index in [1.165, 1.54) is 0 Å². The van der Waals surface area contributed by atoms with Crippen LogP contribution < -0.4 is 0 Å². The third-order valence-corrected chi connectivity index (χ3v) is 2.93. The summed E-state index contributed by atoms with van der Waals surface area (Å²) >= 11 is 0. The lowest BCUT2D eigenvalue weighted by atomic mass is 9.87. The first-order valence-electron chi connectivity index (χ1n) is 5.00. The molecule has 2 heteroatoms. The van der Waals surface area contributed by atoms with Crippen molar-refractivity contribution in [2.45, 2.75) is 32.6 Å². The number of hydrogen-bond donors (Lipinski definition) is 0. The Morgan fingerprint density at radius 1 is 1.36 bits per heavy atom. The molecular formula is C12H13FO. The van der Waals surface area contributed by atoms with Crippen molar-refractivity contribution in [2.75, 3.05) is 0 Å². The Balaban J connectivity index is 2.65. The molecule has 0 radical (unpaired) electrons. The van der Waals surface area contributed by atoms with Gasteiger partial charge in [0.25, 0.3) is 0 Å². The highest BCUT2D eigenvalue weighted by Crippen LogP contribution is 2.27. The van der Waals surface area contributed by atoms with Crippen LogP contribution in [0.4, 0.5) is 4.39 Å². The zero-order chi connectivity index (χ0) is 10.1. The van der Waals surface area contributed by atoms with Gasteiger partial charge in [-0.1, -0.05) is 6.07 Å². The van der Waals surface area contributed by atoms with Crippen molar-refractivity contribution < 1.29 is 9.18 Å². The molecule has 2 rings (SSSR count). The fraction of sp³-hybridized carbons (Fsp3) is 0.417. The standard InChI is InChI=1S/C12H13FO/c1-8-6-9-4-2-3-5-10(9)11(7-14)12(8)13/h6-7H,2-5H2,1H3. The molecule has 0 saturated heterocycles. The molecule has 1 aliphatic rings. The summed E-state index contributed by atoms with van der Waals surface area (Å²) in [7, 11) is 0. The van der Waals surface area contributed by atoms with E-state index >= 15 is 0 Å². The van der Waals surface area contributed by atoms with Gasteiger partial charge in [-0.2, -0.15) is 0 Å². The molecule has 0 aliphatic heterocycles. The Morgan fingerprint density at radius 2 is 2.07 bits per heavy atom. The van der Waals surface area contributed by atoms with E-state index in [0.29, 0.717) is 17.4 Å². The summed E-state index contributed by atoms with van der Waals surface area (Å²) in [5.41, 5.74) is 2.99. The highest BCUT2D eigenvalue weighted by Gasteiger charge is 2.18. The molecule has 1 aromatic carbocycles. The van der Waals surface area contributed by atoms with Gasteiger partial charge in [0.15, 0.2) is 6.29 Å². The SMILES string of the molecule is Cc1cc2c(c(C=O)c1F)CCCC2. The van der Waals surface area contributed by atoms with E-state index in [1.54, 1.807) is 6.92 Å². The molecule has 0 saturated carbocycles. The van der Waals surface area contributed by atoms with Gasteiger partial charge in [-0.25, -0.2) is 4.39 Å². The summed E-state index contributed by atoms with van der Waals surface area (Å²) in [5.74, 6) is -0.333. The number of halogens is 1. The maximum atomic E-state index is 13.6. The van der Waals surface area contributed by atoms with Crippen molar-refractivity contribution in [3.05, 3.63) is 34.1 Å². The Labute approximate surface area is 82.9 Å². The lowest BCUT2D eigenvalue weighted by Crippen LogP contribution is -2.09. The number of aryl methyl sites for hydroxylation is 2. The van der Waals surface area contributed by atoms with E-state index < -0.39 is 0 Å². The second-order valence-corrected chi connectivity index (χ2v) is 3.88. The monoisotopic (exact) mass is 192 g/mol. The second-order valence-electron chi connectivity index (χ2n) is 3.88. The predicted octanol–water partition coefficient (Wildman–Crippen LogP) is 2.83. The summed E-state index contributed by atoms with van der Waals surface area (Å²) in [4.78, 5) is 10.8. The van der Waals surface area contributed by atoms with Crippen LogP contribution in [-0.4, -0.2) is 6.29 Å². The quantitative estimate of drug-likeness (QED) is 0.625. The lowest BCUT2D eigenvalue weighted by Gasteiger charge is -2.18. The smallest absolute Gasteiger partial charge is 0.153 e. The van der Waals surface area contributed by atoms with Crippen LogP contribution in [0.3, 0.4) is 0 Å². The number of aldehydes is 1. The molecule has 74 valence electrons. The molecule has 1 aromatic rings. The van der Waals surface area contributed by atoms with Crippen LogP contribution in [0.1, 0.15) is 39.9 Å². The second kappa shape index (κ2) is 3.52. The molecule has 1 nitrogen and oxygen atoms in total. The lowest BCUT2D eigenvalue weighted by molar-refractivity contribution is 0.111. The molecule has 0 atom stereocenters. The Morgan fingerprint density at radius 3 is 2.79 bits per heavy atom. The van der Waals surface area contributed by atoms with Crippen LogP contribution in [0.2, 0.25) is 0 Å².